The number of hydrogen-bond acceptors (Lipinski definition) is 2. The highest BCUT2D eigenvalue weighted by atomic mass is 32.1. The highest BCUT2D eigenvalue weighted by Gasteiger charge is 1.99. The van der Waals surface area contributed by atoms with Gasteiger partial charge in [-0.15, -0.1) is 0 Å². The molecule has 18 heavy (non-hydrogen) atoms. The predicted octanol–water partition coefficient (Wildman–Crippen LogP) is 3.89. The van der Waals surface area contributed by atoms with Gasteiger partial charge in [-0.1, -0.05) is 36.4 Å². The van der Waals surface area contributed by atoms with Crippen LogP contribution in [0, 0.1) is 0 Å². The summed E-state index contributed by atoms with van der Waals surface area (Å²) in [7, 11) is 4.11. The number of aryl methyl sites for hydroxylation is 1. The van der Waals surface area contributed by atoms with Crippen LogP contribution in [0.1, 0.15) is 5.56 Å². The lowest BCUT2D eigenvalue weighted by atomic mass is 10.0. The average Bonchev–Trinajstić information content (AvgIpc) is 2.40. The van der Waals surface area contributed by atoms with E-state index in [1.165, 1.54) is 22.4 Å². The highest BCUT2D eigenvalue weighted by molar-refractivity contribution is 7.80. The van der Waals surface area contributed by atoms with Crippen molar-refractivity contribution in [3.63, 3.8) is 0 Å². The first-order valence-electron chi connectivity index (χ1n) is 6.18. The summed E-state index contributed by atoms with van der Waals surface area (Å²) >= 11 is 4.25. The van der Waals surface area contributed by atoms with E-state index in [0.29, 0.717) is 0 Å². The van der Waals surface area contributed by atoms with Gasteiger partial charge >= 0.3 is 0 Å². The van der Waals surface area contributed by atoms with Crippen LogP contribution in [0.2, 0.25) is 0 Å². The fourth-order valence-corrected chi connectivity index (χ4v) is 2.20. The molecule has 0 aliphatic carbocycles. The van der Waals surface area contributed by atoms with E-state index in [-0.39, 0.29) is 0 Å². The maximum atomic E-state index is 4.25. The molecular weight excluding hydrogens is 238 g/mol. The van der Waals surface area contributed by atoms with Crippen molar-refractivity contribution in [2.75, 3.05) is 24.7 Å². The summed E-state index contributed by atoms with van der Waals surface area (Å²) in [6.45, 7) is 0. The van der Waals surface area contributed by atoms with Gasteiger partial charge in [0.15, 0.2) is 0 Å². The van der Waals surface area contributed by atoms with Crippen molar-refractivity contribution in [1.82, 2.24) is 0 Å². The molecule has 0 amide bonds. The number of rotatable bonds is 4. The molecule has 0 heterocycles. The van der Waals surface area contributed by atoms with Crippen molar-refractivity contribution in [3.8, 4) is 11.1 Å². The zero-order chi connectivity index (χ0) is 13.0. The van der Waals surface area contributed by atoms with Gasteiger partial charge in [-0.2, -0.15) is 12.6 Å². The summed E-state index contributed by atoms with van der Waals surface area (Å²) in [5, 5.41) is 0. The van der Waals surface area contributed by atoms with Crippen molar-refractivity contribution in [1.29, 1.82) is 0 Å². The van der Waals surface area contributed by atoms with Crippen molar-refractivity contribution in [3.05, 3.63) is 54.1 Å². The zero-order valence-corrected chi connectivity index (χ0v) is 11.8. The summed E-state index contributed by atoms with van der Waals surface area (Å²) in [5.41, 5.74) is 5.10. The third-order valence-corrected chi connectivity index (χ3v) is 3.30. The van der Waals surface area contributed by atoms with Gasteiger partial charge in [0.2, 0.25) is 0 Å². The maximum Gasteiger partial charge on any atom is 0.0361 e. The zero-order valence-electron chi connectivity index (χ0n) is 10.9. The second-order valence-electron chi connectivity index (χ2n) is 4.61. The van der Waals surface area contributed by atoms with E-state index in [2.05, 4.69) is 80.2 Å². The van der Waals surface area contributed by atoms with E-state index in [1.54, 1.807) is 0 Å². The number of hydrogen-bond donors (Lipinski definition) is 1. The summed E-state index contributed by atoms with van der Waals surface area (Å²) in [6, 6.07) is 17.4. The van der Waals surface area contributed by atoms with Crippen LogP contribution in [0.5, 0.6) is 0 Å². The first-order chi connectivity index (χ1) is 8.70. The molecule has 2 rings (SSSR count). The molecule has 0 spiro atoms. The third-order valence-electron chi connectivity index (χ3n) is 3.07. The molecule has 0 aliphatic heterocycles. The topological polar surface area (TPSA) is 3.24 Å². The molecule has 2 aromatic rings. The van der Waals surface area contributed by atoms with Gasteiger partial charge in [0, 0.05) is 19.8 Å². The maximum absolute atomic E-state index is 4.25. The van der Waals surface area contributed by atoms with E-state index in [1.807, 2.05) is 0 Å². The summed E-state index contributed by atoms with van der Waals surface area (Å²) < 4.78 is 0. The SMILES string of the molecule is CN(C)c1ccc(-c2ccc(CCS)cc2)cc1. The molecule has 0 aromatic heterocycles. The highest BCUT2D eigenvalue weighted by Crippen LogP contribution is 2.22. The molecule has 1 nitrogen and oxygen atoms in total. The van der Waals surface area contributed by atoms with Gasteiger partial charge in [0.25, 0.3) is 0 Å². The van der Waals surface area contributed by atoms with E-state index < -0.39 is 0 Å². The van der Waals surface area contributed by atoms with Crippen molar-refractivity contribution in [2.24, 2.45) is 0 Å². The smallest absolute Gasteiger partial charge is 0.0361 e. The van der Waals surface area contributed by atoms with Gasteiger partial charge in [0.1, 0.15) is 0 Å². The van der Waals surface area contributed by atoms with Crippen LogP contribution in [0.15, 0.2) is 48.5 Å². The van der Waals surface area contributed by atoms with Crippen LogP contribution in [-0.4, -0.2) is 19.8 Å². The second-order valence-corrected chi connectivity index (χ2v) is 5.06. The minimum absolute atomic E-state index is 0.900. The summed E-state index contributed by atoms with van der Waals surface area (Å²) in [6.07, 6.45) is 1.03. The lowest BCUT2D eigenvalue weighted by Crippen LogP contribution is -2.07. The Labute approximate surface area is 115 Å². The summed E-state index contributed by atoms with van der Waals surface area (Å²) in [5.74, 6) is 0.900. The molecule has 0 unspecified atom stereocenters. The standard InChI is InChI=1S/C16H19NS/c1-17(2)16-9-7-15(8-10-16)14-5-3-13(4-6-14)11-12-18/h3-10,18H,11-12H2,1-2H3. The minimum atomic E-state index is 0.900. The van der Waals surface area contributed by atoms with Crippen LogP contribution in [0.3, 0.4) is 0 Å². The van der Waals surface area contributed by atoms with E-state index in [0.717, 1.165) is 12.2 Å². The largest absolute Gasteiger partial charge is 0.378 e. The van der Waals surface area contributed by atoms with Gasteiger partial charge in [0.05, 0.1) is 0 Å². The van der Waals surface area contributed by atoms with Crippen molar-refractivity contribution >= 4 is 18.3 Å². The fraction of sp³-hybridized carbons (Fsp3) is 0.250. The third kappa shape index (κ3) is 3.08. The molecule has 0 bridgehead atoms. The molecule has 94 valence electrons. The monoisotopic (exact) mass is 257 g/mol. The Balaban J connectivity index is 2.20. The van der Waals surface area contributed by atoms with Gasteiger partial charge in [-0.3, -0.25) is 0 Å². The minimum Gasteiger partial charge on any atom is -0.378 e. The number of thiol groups is 1. The number of anilines is 1. The first kappa shape index (κ1) is 13.0. The number of nitrogens with zero attached hydrogens (tertiary/aromatic N) is 1. The van der Waals surface area contributed by atoms with Crippen LogP contribution >= 0.6 is 12.6 Å². The van der Waals surface area contributed by atoms with Crippen LogP contribution in [0.25, 0.3) is 11.1 Å². The van der Waals surface area contributed by atoms with Gasteiger partial charge < -0.3 is 4.90 Å². The van der Waals surface area contributed by atoms with Crippen LogP contribution < -0.4 is 4.90 Å². The Hall–Kier alpha value is -1.41. The molecular formula is C16H19NS. The molecule has 0 saturated heterocycles. The Kier molecular flexibility index (Phi) is 4.32. The lowest BCUT2D eigenvalue weighted by molar-refractivity contribution is 1.13. The Bertz CT molecular complexity index is 486. The average molecular weight is 257 g/mol. The fourth-order valence-electron chi connectivity index (χ4n) is 1.94. The summed E-state index contributed by atoms with van der Waals surface area (Å²) in [4.78, 5) is 2.11. The van der Waals surface area contributed by atoms with E-state index in [4.69, 9.17) is 0 Å². The van der Waals surface area contributed by atoms with Crippen molar-refractivity contribution in [2.45, 2.75) is 6.42 Å². The molecule has 0 atom stereocenters. The Morgan fingerprint density at radius 2 is 1.33 bits per heavy atom. The molecule has 0 aliphatic rings. The Morgan fingerprint density at radius 3 is 1.78 bits per heavy atom. The molecule has 0 fully saturated rings. The van der Waals surface area contributed by atoms with Crippen molar-refractivity contribution < 1.29 is 0 Å². The quantitative estimate of drug-likeness (QED) is 0.813. The molecule has 2 heteroatoms. The second kappa shape index (κ2) is 5.96. The predicted molar refractivity (Wildman–Crippen MR) is 83.8 cm³/mol. The number of benzene rings is 2. The molecule has 0 radical (unpaired) electrons. The molecule has 2 aromatic carbocycles. The lowest BCUT2D eigenvalue weighted by Gasteiger charge is -2.12. The van der Waals surface area contributed by atoms with Crippen LogP contribution in [0.4, 0.5) is 5.69 Å². The molecule has 0 saturated carbocycles. The van der Waals surface area contributed by atoms with E-state index in [9.17, 15) is 0 Å². The van der Waals surface area contributed by atoms with E-state index >= 15 is 0 Å². The van der Waals surface area contributed by atoms with Gasteiger partial charge in [-0.25, -0.2) is 0 Å². The van der Waals surface area contributed by atoms with Crippen LogP contribution in [-0.2, 0) is 6.42 Å². The van der Waals surface area contributed by atoms with Gasteiger partial charge in [-0.05, 0) is 41.0 Å². The Morgan fingerprint density at radius 1 is 0.833 bits per heavy atom. The first-order valence-corrected chi connectivity index (χ1v) is 6.81. The molecule has 0 N–H and O–H groups in total. The normalized spacial score (nSPS) is 10.4.